The molecule has 0 saturated carbocycles. The molecule has 1 aliphatic heterocycles. The molecule has 7 heteroatoms. The Morgan fingerprint density at radius 2 is 2.18 bits per heavy atom. The Labute approximate surface area is 98.4 Å². The van der Waals surface area contributed by atoms with Crippen molar-refractivity contribution in [2.24, 2.45) is 0 Å². The summed E-state index contributed by atoms with van der Waals surface area (Å²) in [5.41, 5.74) is 0. The Morgan fingerprint density at radius 3 is 2.71 bits per heavy atom. The number of amides is 2. The van der Waals surface area contributed by atoms with Gasteiger partial charge >= 0.3 is 5.97 Å². The van der Waals surface area contributed by atoms with Crippen molar-refractivity contribution in [3.8, 4) is 0 Å². The van der Waals surface area contributed by atoms with E-state index in [0.29, 0.717) is 13.0 Å². The Morgan fingerprint density at radius 1 is 1.47 bits per heavy atom. The largest absolute Gasteiger partial charge is 0.479 e. The number of nitrogens with one attached hydrogen (secondary N) is 1. The normalized spacial score (nSPS) is 17.0. The average molecular weight is 244 g/mol. The number of carboxylic acids is 1. The van der Waals surface area contributed by atoms with Gasteiger partial charge in [-0.2, -0.15) is 0 Å². The van der Waals surface area contributed by atoms with Crippen LogP contribution in [0.3, 0.4) is 0 Å². The molecule has 1 rings (SSSR count). The number of nitrogens with zero attached hydrogens (tertiary/aromatic N) is 1. The van der Waals surface area contributed by atoms with Crippen LogP contribution in [0.5, 0.6) is 0 Å². The van der Waals surface area contributed by atoms with E-state index in [1.54, 1.807) is 0 Å². The van der Waals surface area contributed by atoms with E-state index >= 15 is 0 Å². The molecule has 0 bridgehead atoms. The number of carbonyl (C=O) groups is 3. The molecule has 1 heterocycles. The SMILES string of the molecule is O=C(CN1CCCC1=O)NCC[C@H](O)C(=O)O. The molecule has 0 radical (unpaired) electrons. The van der Waals surface area contributed by atoms with Crippen LogP contribution in [-0.2, 0) is 14.4 Å². The van der Waals surface area contributed by atoms with Crippen LogP contribution >= 0.6 is 0 Å². The molecule has 0 aromatic carbocycles. The highest BCUT2D eigenvalue weighted by molar-refractivity contribution is 5.85. The summed E-state index contributed by atoms with van der Waals surface area (Å²) >= 11 is 0. The summed E-state index contributed by atoms with van der Waals surface area (Å²) in [5, 5.41) is 19.8. The minimum Gasteiger partial charge on any atom is -0.479 e. The zero-order valence-corrected chi connectivity index (χ0v) is 9.39. The Kier molecular flexibility index (Phi) is 4.89. The third-order valence-electron chi connectivity index (χ3n) is 2.53. The van der Waals surface area contributed by atoms with Gasteiger partial charge in [0.25, 0.3) is 0 Å². The molecule has 3 N–H and O–H groups in total. The molecule has 17 heavy (non-hydrogen) atoms. The second-order valence-corrected chi connectivity index (χ2v) is 3.91. The minimum absolute atomic E-state index is 0.00198. The molecule has 1 fully saturated rings. The molecular weight excluding hydrogens is 228 g/mol. The van der Waals surface area contributed by atoms with Gasteiger partial charge in [0, 0.05) is 25.9 Å². The molecule has 0 aromatic heterocycles. The lowest BCUT2D eigenvalue weighted by atomic mass is 10.2. The summed E-state index contributed by atoms with van der Waals surface area (Å²) < 4.78 is 0. The van der Waals surface area contributed by atoms with Crippen molar-refractivity contribution in [2.75, 3.05) is 19.6 Å². The first-order valence-electron chi connectivity index (χ1n) is 5.46. The second kappa shape index (κ2) is 6.19. The fourth-order valence-electron chi connectivity index (χ4n) is 1.57. The first kappa shape index (κ1) is 13.4. The molecule has 1 atom stereocenters. The van der Waals surface area contributed by atoms with Gasteiger partial charge in [-0.15, -0.1) is 0 Å². The summed E-state index contributed by atoms with van der Waals surface area (Å²) in [4.78, 5) is 34.3. The number of carboxylic acid groups (broad SMARTS) is 1. The number of aliphatic carboxylic acids is 1. The van der Waals surface area contributed by atoms with Crippen molar-refractivity contribution < 1.29 is 24.6 Å². The molecule has 1 saturated heterocycles. The van der Waals surface area contributed by atoms with Crippen molar-refractivity contribution in [2.45, 2.75) is 25.4 Å². The summed E-state index contributed by atoms with van der Waals surface area (Å²) in [6.07, 6.45) is -0.270. The van der Waals surface area contributed by atoms with Gasteiger partial charge in [0.15, 0.2) is 6.10 Å². The van der Waals surface area contributed by atoms with Crippen LogP contribution < -0.4 is 5.32 Å². The standard InChI is InChI=1S/C10H16N2O5/c13-7(10(16)17)3-4-11-8(14)6-12-5-1-2-9(12)15/h7,13H,1-6H2,(H,11,14)(H,16,17)/t7-/m0/s1. The molecule has 0 aliphatic carbocycles. The number of hydrogen-bond acceptors (Lipinski definition) is 4. The second-order valence-electron chi connectivity index (χ2n) is 3.91. The van der Waals surface area contributed by atoms with Crippen molar-refractivity contribution in [1.29, 1.82) is 0 Å². The molecule has 7 nitrogen and oxygen atoms in total. The maximum absolute atomic E-state index is 11.4. The van der Waals surface area contributed by atoms with Crippen molar-refractivity contribution in [3.05, 3.63) is 0 Å². The topological polar surface area (TPSA) is 107 Å². The van der Waals surface area contributed by atoms with Gasteiger partial charge < -0.3 is 20.4 Å². The van der Waals surface area contributed by atoms with Gasteiger partial charge in [0.1, 0.15) is 0 Å². The predicted molar refractivity (Wildman–Crippen MR) is 57.1 cm³/mol. The number of rotatable bonds is 6. The van der Waals surface area contributed by atoms with Gasteiger partial charge in [0.2, 0.25) is 11.8 Å². The Hall–Kier alpha value is -1.63. The lowest BCUT2D eigenvalue weighted by Gasteiger charge is -2.15. The van der Waals surface area contributed by atoms with Gasteiger partial charge in [-0.05, 0) is 6.42 Å². The summed E-state index contributed by atoms with van der Waals surface area (Å²) in [6.45, 7) is 0.667. The highest BCUT2D eigenvalue weighted by Gasteiger charge is 2.22. The lowest BCUT2D eigenvalue weighted by Crippen LogP contribution is -2.39. The predicted octanol–water partition coefficient (Wildman–Crippen LogP) is -1.44. The van der Waals surface area contributed by atoms with Crippen LogP contribution in [0.15, 0.2) is 0 Å². The van der Waals surface area contributed by atoms with Crippen molar-refractivity contribution >= 4 is 17.8 Å². The molecule has 0 aromatic rings. The number of aliphatic hydroxyl groups excluding tert-OH is 1. The molecule has 2 amide bonds. The summed E-state index contributed by atoms with van der Waals surface area (Å²) in [7, 11) is 0. The number of hydrogen-bond donors (Lipinski definition) is 3. The van der Waals surface area contributed by atoms with Gasteiger partial charge in [-0.1, -0.05) is 0 Å². The van der Waals surface area contributed by atoms with Crippen LogP contribution in [-0.4, -0.2) is 58.6 Å². The van der Waals surface area contributed by atoms with Crippen LogP contribution in [0.25, 0.3) is 0 Å². The number of aliphatic hydroxyl groups is 1. The third-order valence-corrected chi connectivity index (χ3v) is 2.53. The first-order chi connectivity index (χ1) is 8.00. The number of likely N-dealkylation sites (tertiary alicyclic amines) is 1. The van der Waals surface area contributed by atoms with E-state index in [2.05, 4.69) is 5.32 Å². The van der Waals surface area contributed by atoms with Crippen molar-refractivity contribution in [1.82, 2.24) is 10.2 Å². The Balaban J connectivity index is 2.17. The maximum atomic E-state index is 11.4. The van der Waals surface area contributed by atoms with Crippen LogP contribution in [0.2, 0.25) is 0 Å². The molecule has 0 spiro atoms. The third kappa shape index (κ3) is 4.39. The fraction of sp³-hybridized carbons (Fsp3) is 0.700. The quantitative estimate of drug-likeness (QED) is 0.530. The molecular formula is C10H16N2O5. The first-order valence-corrected chi connectivity index (χ1v) is 5.46. The van der Waals surface area contributed by atoms with E-state index in [1.165, 1.54) is 4.90 Å². The van der Waals surface area contributed by atoms with Gasteiger partial charge in [0.05, 0.1) is 6.54 Å². The Bertz CT molecular complexity index is 318. The lowest BCUT2D eigenvalue weighted by molar-refractivity contribution is -0.147. The zero-order chi connectivity index (χ0) is 12.8. The number of carbonyl (C=O) groups excluding carboxylic acids is 2. The van der Waals surface area contributed by atoms with E-state index in [4.69, 9.17) is 10.2 Å². The van der Waals surface area contributed by atoms with Gasteiger partial charge in [-0.3, -0.25) is 9.59 Å². The fourth-order valence-corrected chi connectivity index (χ4v) is 1.57. The zero-order valence-electron chi connectivity index (χ0n) is 9.39. The molecule has 1 aliphatic rings. The van der Waals surface area contributed by atoms with Crippen molar-refractivity contribution in [3.63, 3.8) is 0 Å². The van der Waals surface area contributed by atoms with Crippen LogP contribution in [0.1, 0.15) is 19.3 Å². The highest BCUT2D eigenvalue weighted by atomic mass is 16.4. The van der Waals surface area contributed by atoms with E-state index in [0.717, 1.165) is 6.42 Å². The van der Waals surface area contributed by atoms with Crippen LogP contribution in [0, 0.1) is 0 Å². The maximum Gasteiger partial charge on any atom is 0.332 e. The summed E-state index contributed by atoms with van der Waals surface area (Å²) in [6, 6.07) is 0. The average Bonchev–Trinajstić information content (AvgIpc) is 2.64. The van der Waals surface area contributed by atoms with E-state index < -0.39 is 12.1 Å². The smallest absolute Gasteiger partial charge is 0.332 e. The summed E-state index contributed by atoms with van der Waals surface area (Å²) in [5.74, 6) is -1.68. The van der Waals surface area contributed by atoms with E-state index in [1.807, 2.05) is 0 Å². The van der Waals surface area contributed by atoms with E-state index in [9.17, 15) is 14.4 Å². The van der Waals surface area contributed by atoms with Crippen LogP contribution in [0.4, 0.5) is 0 Å². The minimum atomic E-state index is -1.47. The molecule has 0 unspecified atom stereocenters. The van der Waals surface area contributed by atoms with Gasteiger partial charge in [-0.25, -0.2) is 4.79 Å². The van der Waals surface area contributed by atoms with E-state index in [-0.39, 0.29) is 31.3 Å². The highest BCUT2D eigenvalue weighted by Crippen LogP contribution is 2.08. The monoisotopic (exact) mass is 244 g/mol. The molecule has 96 valence electrons.